The van der Waals surface area contributed by atoms with Crippen molar-refractivity contribution < 1.29 is 24.4 Å². The molecule has 0 spiro atoms. The SMILES string of the molecule is CCOc1ccc(N2C(=O)C[C@@H]([NH2+]CCNC(=O)c3ccc(Cl)cc3)C2=O)cc1. The van der Waals surface area contributed by atoms with Gasteiger partial charge in [-0.3, -0.25) is 14.4 Å². The highest BCUT2D eigenvalue weighted by Crippen LogP contribution is 2.24. The van der Waals surface area contributed by atoms with Crippen molar-refractivity contribution in [1.82, 2.24) is 5.32 Å². The first-order chi connectivity index (χ1) is 14.0. The van der Waals surface area contributed by atoms with E-state index in [-0.39, 0.29) is 24.1 Å². The number of hydrogen-bond donors (Lipinski definition) is 2. The number of ether oxygens (including phenoxy) is 1. The van der Waals surface area contributed by atoms with Gasteiger partial charge < -0.3 is 15.4 Å². The number of imide groups is 1. The summed E-state index contributed by atoms with van der Waals surface area (Å²) in [5.74, 6) is 0.00332. The number of carbonyl (C=O) groups is 3. The average Bonchev–Trinajstić information content (AvgIpc) is 3.00. The molecule has 0 aliphatic carbocycles. The second-order valence-corrected chi connectivity index (χ2v) is 7.03. The number of nitrogens with zero attached hydrogens (tertiary/aromatic N) is 1. The van der Waals surface area contributed by atoms with Crippen LogP contribution in [0.15, 0.2) is 48.5 Å². The highest BCUT2D eigenvalue weighted by Gasteiger charge is 2.42. The lowest BCUT2D eigenvalue weighted by atomic mass is 10.2. The Morgan fingerprint density at radius 1 is 1.17 bits per heavy atom. The van der Waals surface area contributed by atoms with E-state index in [1.165, 1.54) is 4.90 Å². The Kier molecular flexibility index (Phi) is 6.85. The largest absolute Gasteiger partial charge is 0.494 e. The van der Waals surface area contributed by atoms with Gasteiger partial charge in [-0.2, -0.15) is 0 Å². The first-order valence-corrected chi connectivity index (χ1v) is 9.84. The van der Waals surface area contributed by atoms with E-state index in [1.54, 1.807) is 53.8 Å². The second-order valence-electron chi connectivity index (χ2n) is 6.59. The molecule has 2 aromatic rings. The predicted molar refractivity (Wildman–Crippen MR) is 109 cm³/mol. The zero-order chi connectivity index (χ0) is 20.8. The van der Waals surface area contributed by atoms with Gasteiger partial charge in [0.15, 0.2) is 6.04 Å². The second kappa shape index (κ2) is 9.54. The fourth-order valence-electron chi connectivity index (χ4n) is 3.14. The maximum atomic E-state index is 12.7. The Hall–Kier alpha value is -2.90. The molecule has 2 aromatic carbocycles. The molecule has 1 heterocycles. The number of halogens is 1. The van der Waals surface area contributed by atoms with Crippen molar-refractivity contribution in [3.05, 3.63) is 59.1 Å². The van der Waals surface area contributed by atoms with Crippen LogP contribution in [0.25, 0.3) is 0 Å². The number of nitrogens with two attached hydrogens (primary N) is 1. The number of amides is 3. The Bertz CT molecular complexity index is 884. The molecule has 7 nitrogen and oxygen atoms in total. The van der Waals surface area contributed by atoms with Gasteiger partial charge in [0.05, 0.1) is 31.8 Å². The summed E-state index contributed by atoms with van der Waals surface area (Å²) in [6.45, 7) is 3.30. The molecule has 1 fully saturated rings. The van der Waals surface area contributed by atoms with Crippen molar-refractivity contribution in [1.29, 1.82) is 0 Å². The van der Waals surface area contributed by atoms with Crippen LogP contribution in [0.2, 0.25) is 5.02 Å². The fourth-order valence-corrected chi connectivity index (χ4v) is 3.27. The van der Waals surface area contributed by atoms with E-state index in [0.29, 0.717) is 41.7 Å². The molecular formula is C21H23ClN3O4+. The van der Waals surface area contributed by atoms with Gasteiger partial charge in [0.1, 0.15) is 5.75 Å². The van der Waals surface area contributed by atoms with Crippen LogP contribution < -0.4 is 20.3 Å². The minimum Gasteiger partial charge on any atom is -0.494 e. The van der Waals surface area contributed by atoms with Crippen LogP contribution in [0, 0.1) is 0 Å². The van der Waals surface area contributed by atoms with Gasteiger partial charge in [-0.25, -0.2) is 4.90 Å². The first-order valence-electron chi connectivity index (χ1n) is 9.46. The molecule has 1 aliphatic rings. The number of quaternary nitrogens is 1. The van der Waals surface area contributed by atoms with Crippen LogP contribution in [0.4, 0.5) is 5.69 Å². The lowest BCUT2D eigenvalue weighted by molar-refractivity contribution is -0.672. The third-order valence-electron chi connectivity index (χ3n) is 4.57. The Balaban J connectivity index is 1.49. The monoisotopic (exact) mass is 416 g/mol. The zero-order valence-electron chi connectivity index (χ0n) is 16.1. The van der Waals surface area contributed by atoms with Crippen LogP contribution in [-0.2, 0) is 9.59 Å². The molecule has 1 aliphatic heterocycles. The average molecular weight is 417 g/mol. The molecule has 0 unspecified atom stereocenters. The third kappa shape index (κ3) is 5.13. The molecule has 0 bridgehead atoms. The van der Waals surface area contributed by atoms with Crippen molar-refractivity contribution in [3.63, 3.8) is 0 Å². The summed E-state index contributed by atoms with van der Waals surface area (Å²) in [7, 11) is 0. The molecule has 3 N–H and O–H groups in total. The summed E-state index contributed by atoms with van der Waals surface area (Å²) in [5, 5.41) is 5.15. The van der Waals surface area contributed by atoms with E-state index in [9.17, 15) is 14.4 Å². The van der Waals surface area contributed by atoms with Crippen molar-refractivity contribution in [2.75, 3.05) is 24.6 Å². The number of carbonyl (C=O) groups excluding carboxylic acids is 3. The Morgan fingerprint density at radius 3 is 2.52 bits per heavy atom. The normalized spacial score (nSPS) is 16.2. The highest BCUT2D eigenvalue weighted by atomic mass is 35.5. The number of benzene rings is 2. The molecule has 1 saturated heterocycles. The lowest BCUT2D eigenvalue weighted by Gasteiger charge is -2.15. The molecule has 8 heteroatoms. The van der Waals surface area contributed by atoms with Crippen LogP contribution in [0.3, 0.4) is 0 Å². The minimum atomic E-state index is -0.485. The topological polar surface area (TPSA) is 92.3 Å². The van der Waals surface area contributed by atoms with E-state index >= 15 is 0 Å². The number of rotatable bonds is 8. The van der Waals surface area contributed by atoms with E-state index < -0.39 is 6.04 Å². The molecule has 0 saturated carbocycles. The summed E-state index contributed by atoms with van der Waals surface area (Å²) in [6.07, 6.45) is 0.136. The Labute approximate surface area is 174 Å². The van der Waals surface area contributed by atoms with Crippen LogP contribution in [-0.4, -0.2) is 43.5 Å². The van der Waals surface area contributed by atoms with Crippen molar-refractivity contribution in [2.45, 2.75) is 19.4 Å². The molecule has 0 aromatic heterocycles. The summed E-state index contributed by atoms with van der Waals surface area (Å²) in [4.78, 5) is 38.3. The lowest BCUT2D eigenvalue weighted by Crippen LogP contribution is -2.92. The van der Waals surface area contributed by atoms with Gasteiger partial charge >= 0.3 is 0 Å². The summed E-state index contributed by atoms with van der Waals surface area (Å²) in [5.41, 5.74) is 1.05. The molecule has 0 radical (unpaired) electrons. The molecule has 3 rings (SSSR count). The predicted octanol–water partition coefficient (Wildman–Crippen LogP) is 1.36. The minimum absolute atomic E-state index is 0.136. The van der Waals surface area contributed by atoms with Crippen LogP contribution in [0.1, 0.15) is 23.7 Å². The van der Waals surface area contributed by atoms with Gasteiger partial charge in [0, 0.05) is 10.6 Å². The van der Waals surface area contributed by atoms with E-state index in [4.69, 9.17) is 16.3 Å². The first kappa shape index (κ1) is 20.8. The van der Waals surface area contributed by atoms with Crippen molar-refractivity contribution in [3.8, 4) is 5.75 Å². The standard InChI is InChI=1S/C21H22ClN3O4/c1-2-29-17-9-7-16(8-10-17)25-19(26)13-18(21(25)28)23-11-12-24-20(27)14-3-5-15(22)6-4-14/h3-10,18,23H,2,11-13H2,1H3,(H,24,27)/p+1/t18-/m1/s1. The van der Waals surface area contributed by atoms with Gasteiger partial charge in [-0.05, 0) is 55.5 Å². The Morgan fingerprint density at radius 2 is 1.86 bits per heavy atom. The summed E-state index contributed by atoms with van der Waals surface area (Å²) >= 11 is 5.81. The zero-order valence-corrected chi connectivity index (χ0v) is 16.8. The van der Waals surface area contributed by atoms with Crippen LogP contribution >= 0.6 is 11.6 Å². The summed E-state index contributed by atoms with van der Waals surface area (Å²) in [6, 6.07) is 13.0. The molecular weight excluding hydrogens is 394 g/mol. The molecule has 152 valence electrons. The fraction of sp³-hybridized carbons (Fsp3) is 0.286. The van der Waals surface area contributed by atoms with E-state index in [2.05, 4.69) is 5.32 Å². The quantitative estimate of drug-likeness (QED) is 0.502. The third-order valence-corrected chi connectivity index (χ3v) is 4.83. The van der Waals surface area contributed by atoms with E-state index in [0.717, 1.165) is 0 Å². The van der Waals surface area contributed by atoms with Gasteiger partial charge in [-0.1, -0.05) is 11.6 Å². The number of nitrogens with one attached hydrogen (secondary N) is 1. The summed E-state index contributed by atoms with van der Waals surface area (Å²) < 4.78 is 5.39. The molecule has 1 atom stereocenters. The van der Waals surface area contributed by atoms with Crippen LogP contribution in [0.5, 0.6) is 5.75 Å². The van der Waals surface area contributed by atoms with E-state index in [1.807, 2.05) is 6.92 Å². The number of hydrogen-bond acceptors (Lipinski definition) is 4. The van der Waals surface area contributed by atoms with Crippen molar-refractivity contribution in [2.24, 2.45) is 0 Å². The smallest absolute Gasteiger partial charge is 0.292 e. The van der Waals surface area contributed by atoms with Gasteiger partial charge in [-0.15, -0.1) is 0 Å². The molecule has 3 amide bonds. The van der Waals surface area contributed by atoms with Gasteiger partial charge in [0.25, 0.3) is 11.8 Å². The highest BCUT2D eigenvalue weighted by molar-refractivity contribution is 6.30. The number of anilines is 1. The maximum Gasteiger partial charge on any atom is 0.292 e. The maximum absolute atomic E-state index is 12.7. The molecule has 29 heavy (non-hydrogen) atoms. The van der Waals surface area contributed by atoms with Gasteiger partial charge in [0.2, 0.25) is 5.91 Å². The van der Waals surface area contributed by atoms with Crippen molar-refractivity contribution >= 4 is 35.0 Å².